The van der Waals surface area contributed by atoms with Crippen molar-refractivity contribution in [2.24, 2.45) is 0 Å². The molecule has 0 radical (unpaired) electrons. The Morgan fingerprint density at radius 3 is 2.74 bits per heavy atom. The van der Waals surface area contributed by atoms with Crippen LogP contribution in [0, 0.1) is 6.92 Å². The van der Waals surface area contributed by atoms with Crippen molar-refractivity contribution >= 4 is 11.8 Å². The van der Waals surface area contributed by atoms with E-state index in [1.807, 2.05) is 0 Å². The Morgan fingerprint density at radius 2 is 2.11 bits per heavy atom. The van der Waals surface area contributed by atoms with Crippen LogP contribution in [0.5, 0.6) is 0 Å². The van der Waals surface area contributed by atoms with Crippen LogP contribution in [-0.2, 0) is 0 Å². The van der Waals surface area contributed by atoms with Gasteiger partial charge in [-0.05, 0) is 32.9 Å². The van der Waals surface area contributed by atoms with Gasteiger partial charge in [0.25, 0.3) is 0 Å². The van der Waals surface area contributed by atoms with Gasteiger partial charge in [-0.1, -0.05) is 18.0 Å². The normalized spacial score (nSPS) is 16.9. The summed E-state index contributed by atoms with van der Waals surface area (Å²) < 4.78 is 4.88. The molecule has 1 aromatic rings. The van der Waals surface area contributed by atoms with Gasteiger partial charge in [0, 0.05) is 19.2 Å². The molecule has 1 aliphatic heterocycles. The molecule has 1 aliphatic rings. The molecule has 106 valence electrons. The summed E-state index contributed by atoms with van der Waals surface area (Å²) >= 11 is 0. The first-order valence-corrected chi connectivity index (χ1v) is 6.94. The number of amides is 2. The molecule has 0 unspecified atom stereocenters. The van der Waals surface area contributed by atoms with Gasteiger partial charge in [-0.15, -0.1) is 0 Å². The lowest BCUT2D eigenvalue weighted by Gasteiger charge is -2.19. The van der Waals surface area contributed by atoms with Crippen LogP contribution in [-0.4, -0.2) is 42.3 Å². The third-order valence-corrected chi connectivity index (χ3v) is 3.28. The molecule has 2 amide bonds. The van der Waals surface area contributed by atoms with E-state index in [4.69, 9.17) is 4.52 Å². The zero-order valence-corrected chi connectivity index (χ0v) is 11.4. The van der Waals surface area contributed by atoms with Gasteiger partial charge >= 0.3 is 6.03 Å². The molecule has 0 bridgehead atoms. The fourth-order valence-electron chi connectivity index (χ4n) is 2.27. The number of likely N-dealkylation sites (tertiary alicyclic amines) is 1. The topological polar surface area (TPSA) is 70.4 Å². The SMILES string of the molecule is Cc1cc(NC(=O)NCCN2CCCCCC2)no1. The first kappa shape index (κ1) is 13.9. The maximum absolute atomic E-state index is 11.6. The largest absolute Gasteiger partial charge is 0.360 e. The maximum atomic E-state index is 11.6. The molecular weight excluding hydrogens is 244 g/mol. The number of urea groups is 1. The second-order valence-electron chi connectivity index (χ2n) is 4.96. The maximum Gasteiger partial charge on any atom is 0.320 e. The van der Waals surface area contributed by atoms with Crippen molar-refractivity contribution in [1.29, 1.82) is 0 Å². The fourth-order valence-corrected chi connectivity index (χ4v) is 2.27. The molecule has 6 nitrogen and oxygen atoms in total. The van der Waals surface area contributed by atoms with Gasteiger partial charge in [0.15, 0.2) is 5.82 Å². The van der Waals surface area contributed by atoms with Crippen LogP contribution in [0.25, 0.3) is 0 Å². The van der Waals surface area contributed by atoms with Crippen molar-refractivity contribution in [2.75, 3.05) is 31.5 Å². The molecule has 0 saturated carbocycles. The summed E-state index contributed by atoms with van der Waals surface area (Å²) in [4.78, 5) is 14.0. The Bertz CT molecular complexity index is 397. The van der Waals surface area contributed by atoms with E-state index < -0.39 is 0 Å². The number of aromatic nitrogens is 1. The summed E-state index contributed by atoms with van der Waals surface area (Å²) in [6.07, 6.45) is 5.20. The lowest BCUT2D eigenvalue weighted by molar-refractivity contribution is 0.246. The summed E-state index contributed by atoms with van der Waals surface area (Å²) in [5.41, 5.74) is 0. The lowest BCUT2D eigenvalue weighted by atomic mass is 10.2. The van der Waals surface area contributed by atoms with Gasteiger partial charge in [0.05, 0.1) is 0 Å². The molecule has 0 aliphatic carbocycles. The number of rotatable bonds is 4. The Balaban J connectivity index is 1.63. The van der Waals surface area contributed by atoms with Crippen molar-refractivity contribution in [2.45, 2.75) is 32.6 Å². The number of anilines is 1. The average molecular weight is 266 g/mol. The lowest BCUT2D eigenvalue weighted by Crippen LogP contribution is -2.37. The zero-order valence-electron chi connectivity index (χ0n) is 11.4. The summed E-state index contributed by atoms with van der Waals surface area (Å²) in [6.45, 7) is 5.64. The monoisotopic (exact) mass is 266 g/mol. The number of carbonyl (C=O) groups is 1. The molecular formula is C13H22N4O2. The summed E-state index contributed by atoms with van der Waals surface area (Å²) in [6, 6.07) is 1.46. The molecule has 0 spiro atoms. The smallest absolute Gasteiger partial charge is 0.320 e. The number of hydrogen-bond donors (Lipinski definition) is 2. The fraction of sp³-hybridized carbons (Fsp3) is 0.692. The molecule has 1 saturated heterocycles. The Morgan fingerprint density at radius 1 is 1.37 bits per heavy atom. The van der Waals surface area contributed by atoms with Crippen molar-refractivity contribution < 1.29 is 9.32 Å². The second kappa shape index (κ2) is 7.13. The molecule has 6 heteroatoms. The van der Waals surface area contributed by atoms with E-state index in [2.05, 4.69) is 20.7 Å². The molecule has 1 fully saturated rings. The molecule has 1 aromatic heterocycles. The van der Waals surface area contributed by atoms with Crippen LogP contribution in [0.15, 0.2) is 10.6 Å². The standard InChI is InChI=1S/C13H22N4O2/c1-11-10-12(16-19-11)15-13(18)14-6-9-17-7-4-2-3-5-8-17/h10H,2-9H2,1H3,(H2,14,15,16,18). The predicted molar refractivity (Wildman–Crippen MR) is 73.2 cm³/mol. The molecule has 0 aromatic carbocycles. The minimum absolute atomic E-state index is 0.233. The first-order valence-electron chi connectivity index (χ1n) is 6.94. The van der Waals surface area contributed by atoms with E-state index in [-0.39, 0.29) is 6.03 Å². The third kappa shape index (κ3) is 4.90. The van der Waals surface area contributed by atoms with Crippen molar-refractivity contribution in [1.82, 2.24) is 15.4 Å². The zero-order chi connectivity index (χ0) is 13.5. The number of hydrogen-bond acceptors (Lipinski definition) is 4. The first-order chi connectivity index (χ1) is 9.24. The van der Waals surface area contributed by atoms with Gasteiger partial charge < -0.3 is 14.7 Å². The molecule has 2 heterocycles. The second-order valence-corrected chi connectivity index (χ2v) is 4.96. The van der Waals surface area contributed by atoms with Crippen LogP contribution in [0.3, 0.4) is 0 Å². The van der Waals surface area contributed by atoms with Gasteiger partial charge in [-0.2, -0.15) is 0 Å². The number of nitrogens with one attached hydrogen (secondary N) is 2. The van der Waals surface area contributed by atoms with Crippen LogP contribution in [0.4, 0.5) is 10.6 Å². The van der Waals surface area contributed by atoms with Crippen LogP contribution < -0.4 is 10.6 Å². The summed E-state index contributed by atoms with van der Waals surface area (Å²) in [5, 5.41) is 9.18. The van der Waals surface area contributed by atoms with E-state index in [0.29, 0.717) is 18.1 Å². The van der Waals surface area contributed by atoms with Crippen LogP contribution >= 0.6 is 0 Å². The third-order valence-electron chi connectivity index (χ3n) is 3.28. The van der Waals surface area contributed by atoms with E-state index >= 15 is 0 Å². The van der Waals surface area contributed by atoms with Crippen LogP contribution in [0.1, 0.15) is 31.4 Å². The van der Waals surface area contributed by atoms with Gasteiger partial charge in [0.2, 0.25) is 0 Å². The van der Waals surface area contributed by atoms with E-state index in [9.17, 15) is 4.79 Å². The highest BCUT2D eigenvalue weighted by molar-refractivity contribution is 5.88. The van der Waals surface area contributed by atoms with E-state index in [0.717, 1.165) is 19.6 Å². The van der Waals surface area contributed by atoms with Gasteiger partial charge in [-0.25, -0.2) is 4.79 Å². The van der Waals surface area contributed by atoms with E-state index in [1.165, 1.54) is 25.7 Å². The highest BCUT2D eigenvalue weighted by Crippen LogP contribution is 2.09. The molecule has 2 rings (SSSR count). The van der Waals surface area contributed by atoms with Crippen LogP contribution in [0.2, 0.25) is 0 Å². The van der Waals surface area contributed by atoms with Gasteiger partial charge in [0.1, 0.15) is 5.76 Å². The molecule has 0 atom stereocenters. The minimum Gasteiger partial charge on any atom is -0.360 e. The Labute approximate surface area is 113 Å². The molecule has 2 N–H and O–H groups in total. The average Bonchev–Trinajstić information content (AvgIpc) is 2.65. The summed E-state index contributed by atoms with van der Waals surface area (Å²) in [5.74, 6) is 1.13. The van der Waals surface area contributed by atoms with Crippen molar-refractivity contribution in [3.05, 3.63) is 11.8 Å². The highest BCUT2D eigenvalue weighted by Gasteiger charge is 2.09. The van der Waals surface area contributed by atoms with Crippen molar-refractivity contribution in [3.8, 4) is 0 Å². The Kier molecular flexibility index (Phi) is 5.20. The van der Waals surface area contributed by atoms with E-state index in [1.54, 1.807) is 13.0 Å². The number of aryl methyl sites for hydroxylation is 1. The highest BCUT2D eigenvalue weighted by atomic mass is 16.5. The quantitative estimate of drug-likeness (QED) is 0.874. The van der Waals surface area contributed by atoms with Crippen molar-refractivity contribution in [3.63, 3.8) is 0 Å². The summed E-state index contributed by atoms with van der Waals surface area (Å²) in [7, 11) is 0. The minimum atomic E-state index is -0.233. The number of carbonyl (C=O) groups excluding carboxylic acids is 1. The van der Waals surface area contributed by atoms with Gasteiger partial charge in [-0.3, -0.25) is 5.32 Å². The Hall–Kier alpha value is -1.56. The molecule has 19 heavy (non-hydrogen) atoms. The number of nitrogens with zero attached hydrogens (tertiary/aromatic N) is 2. The predicted octanol–water partition coefficient (Wildman–Crippen LogP) is 1.98.